The molecule has 17 heavy (non-hydrogen) atoms. The lowest BCUT2D eigenvalue weighted by atomic mass is 10.1. The molecule has 2 rings (SSSR count). The van der Waals surface area contributed by atoms with Crippen molar-refractivity contribution in [1.82, 2.24) is 0 Å². The lowest BCUT2D eigenvalue weighted by molar-refractivity contribution is 0.102. The highest BCUT2D eigenvalue weighted by molar-refractivity contribution is 6.04. The summed E-state index contributed by atoms with van der Waals surface area (Å²) >= 11 is 0. The van der Waals surface area contributed by atoms with Crippen LogP contribution in [0.1, 0.15) is 15.9 Å². The predicted octanol–water partition coefficient (Wildman–Crippen LogP) is 2.95. The van der Waals surface area contributed by atoms with E-state index in [1.54, 1.807) is 30.3 Å². The molecule has 0 aromatic heterocycles. The Kier molecular flexibility index (Phi) is 3.10. The summed E-state index contributed by atoms with van der Waals surface area (Å²) in [4.78, 5) is 11.8. The van der Waals surface area contributed by atoms with E-state index in [2.05, 4.69) is 5.32 Å². The first kappa shape index (κ1) is 11.2. The number of benzene rings is 2. The highest BCUT2D eigenvalue weighted by Crippen LogP contribution is 2.16. The number of rotatable bonds is 2. The topological polar surface area (TPSA) is 49.3 Å². The van der Waals surface area contributed by atoms with E-state index in [9.17, 15) is 9.90 Å². The zero-order valence-corrected chi connectivity index (χ0v) is 9.47. The summed E-state index contributed by atoms with van der Waals surface area (Å²) in [6.45, 7) is 1.97. The quantitative estimate of drug-likeness (QED) is 0.828. The van der Waals surface area contributed by atoms with Crippen molar-refractivity contribution < 1.29 is 9.90 Å². The van der Waals surface area contributed by atoms with Crippen LogP contribution in [0.15, 0.2) is 48.5 Å². The van der Waals surface area contributed by atoms with Gasteiger partial charge in [-0.1, -0.05) is 23.8 Å². The molecule has 0 fully saturated rings. The minimum atomic E-state index is -0.185. The predicted molar refractivity (Wildman–Crippen MR) is 67.2 cm³/mol. The summed E-state index contributed by atoms with van der Waals surface area (Å²) in [5, 5.41) is 12.0. The third kappa shape index (κ3) is 2.84. The largest absolute Gasteiger partial charge is 0.508 e. The number of amides is 1. The smallest absolute Gasteiger partial charge is 0.255 e. The molecule has 2 aromatic rings. The van der Waals surface area contributed by atoms with Gasteiger partial charge in [-0.3, -0.25) is 4.79 Å². The number of nitrogens with one attached hydrogen (secondary N) is 1. The molecule has 0 unspecified atom stereocenters. The van der Waals surface area contributed by atoms with Gasteiger partial charge in [0.05, 0.1) is 0 Å². The van der Waals surface area contributed by atoms with Gasteiger partial charge in [-0.25, -0.2) is 0 Å². The third-order valence-electron chi connectivity index (χ3n) is 2.42. The Morgan fingerprint density at radius 2 is 1.82 bits per heavy atom. The van der Waals surface area contributed by atoms with E-state index < -0.39 is 0 Å². The number of hydrogen-bond acceptors (Lipinski definition) is 2. The number of phenols is 1. The highest BCUT2D eigenvalue weighted by atomic mass is 16.3. The lowest BCUT2D eigenvalue weighted by Crippen LogP contribution is -2.11. The van der Waals surface area contributed by atoms with Crippen molar-refractivity contribution in [2.75, 3.05) is 5.32 Å². The number of carbonyl (C=O) groups excluding carboxylic acids is 1. The first-order chi connectivity index (χ1) is 8.15. The number of carbonyl (C=O) groups is 1. The standard InChI is InChI=1S/C14H13NO2/c1-10-5-7-11(8-6-10)14(17)15-12-3-2-4-13(16)9-12/h2-9,16H,1H3,(H,15,17). The van der Waals surface area contributed by atoms with Crippen molar-refractivity contribution in [2.45, 2.75) is 6.92 Å². The number of aromatic hydroxyl groups is 1. The van der Waals surface area contributed by atoms with Crippen LogP contribution in [0.2, 0.25) is 0 Å². The van der Waals surface area contributed by atoms with E-state index in [1.807, 2.05) is 19.1 Å². The minimum absolute atomic E-state index is 0.131. The summed E-state index contributed by atoms with van der Waals surface area (Å²) in [5.74, 6) is -0.0534. The summed E-state index contributed by atoms with van der Waals surface area (Å²) in [6, 6.07) is 13.8. The second-order valence-corrected chi connectivity index (χ2v) is 3.87. The van der Waals surface area contributed by atoms with Crippen molar-refractivity contribution in [2.24, 2.45) is 0 Å². The van der Waals surface area contributed by atoms with Gasteiger partial charge in [0.2, 0.25) is 0 Å². The summed E-state index contributed by atoms with van der Waals surface area (Å²) in [7, 11) is 0. The van der Waals surface area contributed by atoms with E-state index in [1.165, 1.54) is 6.07 Å². The number of aryl methyl sites for hydroxylation is 1. The summed E-state index contributed by atoms with van der Waals surface area (Å²) in [6.07, 6.45) is 0. The molecular weight excluding hydrogens is 214 g/mol. The fourth-order valence-corrected chi connectivity index (χ4v) is 1.49. The van der Waals surface area contributed by atoms with Crippen LogP contribution in [0.5, 0.6) is 5.75 Å². The Morgan fingerprint density at radius 3 is 2.47 bits per heavy atom. The molecule has 3 heteroatoms. The van der Waals surface area contributed by atoms with E-state index in [4.69, 9.17) is 0 Å². The molecule has 86 valence electrons. The van der Waals surface area contributed by atoms with Gasteiger partial charge in [-0.2, -0.15) is 0 Å². The molecule has 0 saturated carbocycles. The molecular formula is C14H13NO2. The van der Waals surface area contributed by atoms with Gasteiger partial charge >= 0.3 is 0 Å². The van der Waals surface area contributed by atoms with Crippen molar-refractivity contribution in [3.05, 3.63) is 59.7 Å². The lowest BCUT2D eigenvalue weighted by Gasteiger charge is -2.05. The second-order valence-electron chi connectivity index (χ2n) is 3.87. The molecule has 0 radical (unpaired) electrons. The molecule has 0 heterocycles. The fraction of sp³-hybridized carbons (Fsp3) is 0.0714. The maximum absolute atomic E-state index is 11.8. The first-order valence-corrected chi connectivity index (χ1v) is 5.32. The van der Waals surface area contributed by atoms with Gasteiger partial charge in [-0.15, -0.1) is 0 Å². The molecule has 0 aliphatic carbocycles. The van der Waals surface area contributed by atoms with Gasteiger partial charge in [0.25, 0.3) is 5.91 Å². The van der Waals surface area contributed by atoms with E-state index in [-0.39, 0.29) is 11.7 Å². The maximum Gasteiger partial charge on any atom is 0.255 e. The molecule has 3 nitrogen and oxygen atoms in total. The number of phenolic OH excluding ortho intramolecular Hbond substituents is 1. The fourth-order valence-electron chi connectivity index (χ4n) is 1.49. The molecule has 0 aliphatic rings. The molecule has 2 N–H and O–H groups in total. The van der Waals surface area contributed by atoms with E-state index in [0.29, 0.717) is 11.3 Å². The summed E-state index contributed by atoms with van der Waals surface area (Å²) in [5.41, 5.74) is 2.29. The molecule has 2 aromatic carbocycles. The van der Waals surface area contributed by atoms with E-state index in [0.717, 1.165) is 5.56 Å². The zero-order valence-electron chi connectivity index (χ0n) is 9.47. The molecule has 0 bridgehead atoms. The average Bonchev–Trinajstić information content (AvgIpc) is 2.29. The van der Waals surface area contributed by atoms with Crippen LogP contribution in [0.25, 0.3) is 0 Å². The zero-order chi connectivity index (χ0) is 12.3. The molecule has 0 aliphatic heterocycles. The van der Waals surface area contributed by atoms with Crippen molar-refractivity contribution in [1.29, 1.82) is 0 Å². The van der Waals surface area contributed by atoms with Crippen molar-refractivity contribution in [3.63, 3.8) is 0 Å². The Bertz CT molecular complexity index is 532. The normalized spacial score (nSPS) is 9.94. The first-order valence-electron chi connectivity index (χ1n) is 5.32. The highest BCUT2D eigenvalue weighted by Gasteiger charge is 2.05. The van der Waals surface area contributed by atoms with Crippen LogP contribution >= 0.6 is 0 Å². The SMILES string of the molecule is Cc1ccc(C(=O)Nc2cccc(O)c2)cc1. The van der Waals surface area contributed by atoms with Gasteiger partial charge in [-0.05, 0) is 31.2 Å². The Balaban J connectivity index is 2.14. The molecule has 1 amide bonds. The van der Waals surface area contributed by atoms with Gasteiger partial charge in [0, 0.05) is 17.3 Å². The second kappa shape index (κ2) is 4.70. The molecule has 0 spiro atoms. The molecule has 0 atom stereocenters. The number of anilines is 1. The van der Waals surface area contributed by atoms with Crippen molar-refractivity contribution >= 4 is 11.6 Å². The average molecular weight is 227 g/mol. The van der Waals surface area contributed by atoms with Crippen LogP contribution in [0.4, 0.5) is 5.69 Å². The van der Waals surface area contributed by atoms with Gasteiger partial charge in [0.15, 0.2) is 0 Å². The van der Waals surface area contributed by atoms with Crippen LogP contribution in [0.3, 0.4) is 0 Å². The van der Waals surface area contributed by atoms with Crippen molar-refractivity contribution in [3.8, 4) is 5.75 Å². The third-order valence-corrected chi connectivity index (χ3v) is 2.42. The monoisotopic (exact) mass is 227 g/mol. The Morgan fingerprint density at radius 1 is 1.12 bits per heavy atom. The molecule has 0 saturated heterocycles. The van der Waals surface area contributed by atoms with Gasteiger partial charge in [0.1, 0.15) is 5.75 Å². The minimum Gasteiger partial charge on any atom is -0.508 e. The van der Waals surface area contributed by atoms with E-state index >= 15 is 0 Å². The summed E-state index contributed by atoms with van der Waals surface area (Å²) < 4.78 is 0. The Labute approximate surface area is 99.7 Å². The van der Waals surface area contributed by atoms with Crippen LogP contribution < -0.4 is 5.32 Å². The maximum atomic E-state index is 11.8. The Hall–Kier alpha value is -2.29. The van der Waals surface area contributed by atoms with Gasteiger partial charge < -0.3 is 10.4 Å². The van der Waals surface area contributed by atoms with Crippen LogP contribution in [-0.2, 0) is 0 Å². The van der Waals surface area contributed by atoms with Crippen LogP contribution in [-0.4, -0.2) is 11.0 Å². The number of hydrogen-bond donors (Lipinski definition) is 2. The van der Waals surface area contributed by atoms with Crippen LogP contribution in [0, 0.1) is 6.92 Å².